The molecule has 0 radical (unpaired) electrons. The third-order valence-corrected chi connectivity index (χ3v) is 5.65. The van der Waals surface area contributed by atoms with Crippen LogP contribution in [0, 0.1) is 6.92 Å². The standard InChI is InChI=1S/C27H28N2O2/c1-16(2)19-8-10-20(11-9-19)26(30)28-23-15-22(7-6-18(23)5)27-29-24-14-21(17(3)4)12-13-25(24)31-27/h6-17H,1-5H3,(H,28,30). The number of fused-ring (bicyclic) bond motifs is 1. The quantitative estimate of drug-likeness (QED) is 0.374. The number of carbonyl (C=O) groups excluding carboxylic acids is 1. The summed E-state index contributed by atoms with van der Waals surface area (Å²) in [5, 5.41) is 3.03. The van der Waals surface area contributed by atoms with Crippen molar-refractivity contribution in [2.24, 2.45) is 0 Å². The fourth-order valence-corrected chi connectivity index (χ4v) is 3.53. The Morgan fingerprint density at radius 2 is 1.55 bits per heavy atom. The van der Waals surface area contributed by atoms with E-state index in [1.165, 1.54) is 11.1 Å². The smallest absolute Gasteiger partial charge is 0.255 e. The molecule has 0 spiro atoms. The Bertz CT molecular complexity index is 1230. The lowest BCUT2D eigenvalue weighted by molar-refractivity contribution is 0.102. The highest BCUT2D eigenvalue weighted by molar-refractivity contribution is 6.05. The van der Waals surface area contributed by atoms with E-state index in [2.05, 4.69) is 50.1 Å². The number of oxazole rings is 1. The minimum absolute atomic E-state index is 0.130. The highest BCUT2D eigenvalue weighted by atomic mass is 16.3. The Hall–Kier alpha value is -3.40. The normalized spacial score (nSPS) is 11.5. The maximum absolute atomic E-state index is 12.8. The Balaban J connectivity index is 1.61. The van der Waals surface area contributed by atoms with Crippen LogP contribution < -0.4 is 5.32 Å². The minimum Gasteiger partial charge on any atom is -0.436 e. The number of aryl methyl sites for hydroxylation is 1. The predicted molar refractivity (Wildman–Crippen MR) is 127 cm³/mol. The molecule has 0 atom stereocenters. The molecule has 0 unspecified atom stereocenters. The Kier molecular flexibility index (Phi) is 5.64. The van der Waals surface area contributed by atoms with E-state index in [1.54, 1.807) is 0 Å². The van der Waals surface area contributed by atoms with Gasteiger partial charge in [-0.15, -0.1) is 0 Å². The predicted octanol–water partition coefficient (Wildman–Crippen LogP) is 7.30. The first kappa shape index (κ1) is 20.9. The zero-order valence-corrected chi connectivity index (χ0v) is 18.7. The molecule has 0 bridgehead atoms. The van der Waals surface area contributed by atoms with Crippen molar-refractivity contribution in [1.82, 2.24) is 4.98 Å². The van der Waals surface area contributed by atoms with Crippen molar-refractivity contribution < 1.29 is 9.21 Å². The van der Waals surface area contributed by atoms with Crippen molar-refractivity contribution in [3.8, 4) is 11.5 Å². The average Bonchev–Trinajstić information content (AvgIpc) is 3.18. The summed E-state index contributed by atoms with van der Waals surface area (Å²) >= 11 is 0. The van der Waals surface area contributed by atoms with E-state index in [-0.39, 0.29) is 5.91 Å². The summed E-state index contributed by atoms with van der Waals surface area (Å²) < 4.78 is 5.99. The van der Waals surface area contributed by atoms with Crippen LogP contribution in [-0.2, 0) is 0 Å². The Morgan fingerprint density at radius 1 is 0.871 bits per heavy atom. The number of carbonyl (C=O) groups is 1. The number of hydrogen-bond acceptors (Lipinski definition) is 3. The number of nitrogens with one attached hydrogen (secondary N) is 1. The zero-order chi connectivity index (χ0) is 22.1. The van der Waals surface area contributed by atoms with Crippen LogP contribution in [0.5, 0.6) is 0 Å². The maximum atomic E-state index is 12.8. The van der Waals surface area contributed by atoms with Gasteiger partial charge >= 0.3 is 0 Å². The van der Waals surface area contributed by atoms with Crippen LogP contribution in [0.25, 0.3) is 22.6 Å². The van der Waals surface area contributed by atoms with Crippen molar-refractivity contribution >= 4 is 22.7 Å². The van der Waals surface area contributed by atoms with Crippen LogP contribution in [0.4, 0.5) is 5.69 Å². The molecule has 1 aromatic heterocycles. The third kappa shape index (κ3) is 4.38. The summed E-state index contributed by atoms with van der Waals surface area (Å²) in [7, 11) is 0. The number of nitrogens with zero attached hydrogens (tertiary/aromatic N) is 1. The summed E-state index contributed by atoms with van der Waals surface area (Å²) in [5.74, 6) is 1.28. The molecule has 0 aliphatic carbocycles. The van der Waals surface area contributed by atoms with E-state index in [0.717, 1.165) is 27.9 Å². The fourth-order valence-electron chi connectivity index (χ4n) is 3.53. The van der Waals surface area contributed by atoms with Crippen LogP contribution in [0.15, 0.2) is 65.1 Å². The molecular formula is C27H28N2O2. The number of anilines is 1. The van der Waals surface area contributed by atoms with Gasteiger partial charge in [-0.1, -0.05) is 52.0 Å². The van der Waals surface area contributed by atoms with Crippen molar-refractivity contribution in [2.45, 2.75) is 46.5 Å². The molecule has 0 aliphatic rings. The van der Waals surface area contributed by atoms with Gasteiger partial charge in [0.05, 0.1) is 0 Å². The SMILES string of the molecule is Cc1ccc(-c2nc3cc(C(C)C)ccc3o2)cc1NC(=O)c1ccc(C(C)C)cc1. The fraction of sp³-hybridized carbons (Fsp3) is 0.259. The minimum atomic E-state index is -0.130. The molecule has 4 nitrogen and oxygen atoms in total. The first-order valence-electron chi connectivity index (χ1n) is 10.7. The van der Waals surface area contributed by atoms with Gasteiger partial charge in [0.2, 0.25) is 5.89 Å². The number of benzene rings is 3. The molecule has 4 aromatic rings. The molecule has 4 heteroatoms. The van der Waals surface area contributed by atoms with E-state index in [1.807, 2.05) is 55.5 Å². The van der Waals surface area contributed by atoms with Crippen LogP contribution >= 0.6 is 0 Å². The van der Waals surface area contributed by atoms with Gasteiger partial charge < -0.3 is 9.73 Å². The summed E-state index contributed by atoms with van der Waals surface area (Å²) in [4.78, 5) is 17.5. The number of aromatic nitrogens is 1. The summed E-state index contributed by atoms with van der Waals surface area (Å²) in [6, 6.07) is 19.7. The molecule has 1 heterocycles. The van der Waals surface area contributed by atoms with Crippen LogP contribution in [0.3, 0.4) is 0 Å². The largest absolute Gasteiger partial charge is 0.436 e. The third-order valence-electron chi connectivity index (χ3n) is 5.65. The molecule has 1 amide bonds. The van der Waals surface area contributed by atoms with Gasteiger partial charge in [0, 0.05) is 16.8 Å². The van der Waals surface area contributed by atoms with Crippen molar-refractivity contribution in [3.63, 3.8) is 0 Å². The number of hydrogen-bond donors (Lipinski definition) is 1. The molecule has 4 rings (SSSR count). The molecule has 158 valence electrons. The first-order chi connectivity index (χ1) is 14.8. The molecule has 0 fully saturated rings. The molecular weight excluding hydrogens is 384 g/mol. The van der Waals surface area contributed by atoms with Gasteiger partial charge in [0.1, 0.15) is 5.52 Å². The van der Waals surface area contributed by atoms with Crippen molar-refractivity contribution in [2.75, 3.05) is 5.32 Å². The van der Waals surface area contributed by atoms with Crippen LogP contribution in [0.1, 0.15) is 66.6 Å². The van der Waals surface area contributed by atoms with Crippen LogP contribution in [0.2, 0.25) is 0 Å². The van der Waals surface area contributed by atoms with E-state index in [0.29, 0.717) is 23.3 Å². The van der Waals surface area contributed by atoms with Gasteiger partial charge in [-0.3, -0.25) is 4.79 Å². The lowest BCUT2D eigenvalue weighted by Crippen LogP contribution is -2.13. The maximum Gasteiger partial charge on any atom is 0.255 e. The molecule has 0 saturated heterocycles. The summed E-state index contributed by atoms with van der Waals surface area (Å²) in [5.41, 5.74) is 7.25. The van der Waals surface area contributed by atoms with Crippen LogP contribution in [-0.4, -0.2) is 10.9 Å². The second-order valence-corrected chi connectivity index (χ2v) is 8.66. The molecule has 1 N–H and O–H groups in total. The second-order valence-electron chi connectivity index (χ2n) is 8.66. The highest BCUT2D eigenvalue weighted by Crippen LogP contribution is 2.30. The Morgan fingerprint density at radius 3 is 2.23 bits per heavy atom. The second kappa shape index (κ2) is 8.38. The average molecular weight is 413 g/mol. The van der Waals surface area contributed by atoms with Crippen molar-refractivity contribution in [1.29, 1.82) is 0 Å². The highest BCUT2D eigenvalue weighted by Gasteiger charge is 2.13. The van der Waals surface area contributed by atoms with Gasteiger partial charge in [0.25, 0.3) is 5.91 Å². The Labute approximate surface area is 183 Å². The zero-order valence-electron chi connectivity index (χ0n) is 18.7. The summed E-state index contributed by atoms with van der Waals surface area (Å²) in [6.45, 7) is 10.6. The number of amides is 1. The first-order valence-corrected chi connectivity index (χ1v) is 10.7. The lowest BCUT2D eigenvalue weighted by atomic mass is 10.0. The molecule has 3 aromatic carbocycles. The molecule has 31 heavy (non-hydrogen) atoms. The van der Waals surface area contributed by atoms with Gasteiger partial charge in [-0.25, -0.2) is 4.98 Å². The molecule has 0 saturated carbocycles. The monoisotopic (exact) mass is 412 g/mol. The van der Waals surface area contributed by atoms with E-state index in [9.17, 15) is 4.79 Å². The van der Waals surface area contributed by atoms with E-state index < -0.39 is 0 Å². The van der Waals surface area contributed by atoms with Crippen molar-refractivity contribution in [3.05, 3.63) is 82.9 Å². The lowest BCUT2D eigenvalue weighted by Gasteiger charge is -2.11. The van der Waals surface area contributed by atoms with E-state index >= 15 is 0 Å². The van der Waals surface area contributed by atoms with E-state index in [4.69, 9.17) is 4.42 Å². The summed E-state index contributed by atoms with van der Waals surface area (Å²) in [6.07, 6.45) is 0. The van der Waals surface area contributed by atoms with Gasteiger partial charge in [0.15, 0.2) is 5.58 Å². The topological polar surface area (TPSA) is 55.1 Å². The molecule has 0 aliphatic heterocycles. The van der Waals surface area contributed by atoms with Gasteiger partial charge in [-0.2, -0.15) is 0 Å². The number of rotatable bonds is 5. The van der Waals surface area contributed by atoms with Gasteiger partial charge in [-0.05, 0) is 71.8 Å².